The van der Waals surface area contributed by atoms with E-state index in [1.54, 1.807) is 0 Å². The number of hydrogen-bond acceptors (Lipinski definition) is 3. The summed E-state index contributed by atoms with van der Waals surface area (Å²) in [5, 5.41) is 3.59. The molecule has 0 aliphatic carbocycles. The Morgan fingerprint density at radius 1 is 1.48 bits per heavy atom. The Kier molecular flexibility index (Phi) is 6.08. The maximum atomic E-state index is 5.73. The Hall–Kier alpha value is -0.580. The summed E-state index contributed by atoms with van der Waals surface area (Å²) in [7, 11) is 2.19. The highest BCUT2D eigenvalue weighted by atomic mass is 79.9. The Morgan fingerprint density at radius 3 is 2.86 bits per heavy atom. The molecule has 21 heavy (non-hydrogen) atoms. The van der Waals surface area contributed by atoms with Crippen molar-refractivity contribution in [1.82, 2.24) is 5.32 Å². The van der Waals surface area contributed by atoms with E-state index in [-0.39, 0.29) is 0 Å². The standard InChI is InChI=1S/C17H27BrN2O/c1-5-9-19-12(2)15-11-14(18)6-7-17(15)20(4)16-8-10-21-13(16)3/h6-7,11-13,16,19H,5,8-10H2,1-4H3. The van der Waals surface area contributed by atoms with E-state index in [1.165, 1.54) is 11.3 Å². The van der Waals surface area contributed by atoms with Crippen molar-refractivity contribution >= 4 is 21.6 Å². The summed E-state index contributed by atoms with van der Waals surface area (Å²) in [5.74, 6) is 0. The molecular formula is C17H27BrN2O. The number of rotatable bonds is 6. The zero-order chi connectivity index (χ0) is 15.4. The van der Waals surface area contributed by atoms with Gasteiger partial charge in [-0.1, -0.05) is 22.9 Å². The summed E-state index contributed by atoms with van der Waals surface area (Å²) in [6.45, 7) is 8.52. The van der Waals surface area contributed by atoms with Crippen LogP contribution in [-0.4, -0.2) is 32.3 Å². The molecule has 0 saturated carbocycles. The van der Waals surface area contributed by atoms with Crippen molar-refractivity contribution in [2.45, 2.75) is 51.8 Å². The van der Waals surface area contributed by atoms with Crippen LogP contribution in [0.2, 0.25) is 0 Å². The second kappa shape index (κ2) is 7.61. The highest BCUT2D eigenvalue weighted by Crippen LogP contribution is 2.32. The summed E-state index contributed by atoms with van der Waals surface area (Å²) in [4.78, 5) is 2.39. The van der Waals surface area contributed by atoms with Gasteiger partial charge in [0.15, 0.2) is 0 Å². The lowest BCUT2D eigenvalue weighted by Gasteiger charge is -2.32. The zero-order valence-corrected chi connectivity index (χ0v) is 15.1. The van der Waals surface area contributed by atoms with E-state index in [0.29, 0.717) is 18.2 Å². The highest BCUT2D eigenvalue weighted by molar-refractivity contribution is 9.10. The van der Waals surface area contributed by atoms with Gasteiger partial charge in [0, 0.05) is 29.9 Å². The van der Waals surface area contributed by atoms with Gasteiger partial charge in [0.05, 0.1) is 12.1 Å². The summed E-state index contributed by atoms with van der Waals surface area (Å²) in [6.07, 6.45) is 2.55. The molecule has 0 radical (unpaired) electrons. The number of anilines is 1. The largest absolute Gasteiger partial charge is 0.376 e. The van der Waals surface area contributed by atoms with Crippen molar-refractivity contribution < 1.29 is 4.74 Å². The molecule has 3 atom stereocenters. The Bertz CT molecular complexity index is 466. The van der Waals surface area contributed by atoms with Gasteiger partial charge in [0.2, 0.25) is 0 Å². The van der Waals surface area contributed by atoms with E-state index >= 15 is 0 Å². The molecule has 3 nitrogen and oxygen atoms in total. The van der Waals surface area contributed by atoms with Crippen molar-refractivity contribution in [1.29, 1.82) is 0 Å². The molecule has 1 fully saturated rings. The summed E-state index contributed by atoms with van der Waals surface area (Å²) in [6, 6.07) is 7.39. The number of likely N-dealkylation sites (N-methyl/N-ethyl adjacent to an activating group) is 1. The lowest BCUT2D eigenvalue weighted by Crippen LogP contribution is -2.37. The van der Waals surface area contributed by atoms with Gasteiger partial charge in [-0.05, 0) is 57.0 Å². The van der Waals surface area contributed by atoms with Crippen molar-refractivity contribution in [2.24, 2.45) is 0 Å². The molecule has 1 aliphatic rings. The number of nitrogens with zero attached hydrogens (tertiary/aromatic N) is 1. The van der Waals surface area contributed by atoms with Crippen molar-refractivity contribution in [2.75, 3.05) is 25.1 Å². The molecule has 2 rings (SSSR count). The smallest absolute Gasteiger partial charge is 0.0750 e. The van der Waals surface area contributed by atoms with Crippen molar-refractivity contribution in [3.63, 3.8) is 0 Å². The third-order valence-electron chi connectivity index (χ3n) is 4.37. The van der Waals surface area contributed by atoms with Crippen LogP contribution in [0.5, 0.6) is 0 Å². The molecule has 1 N–H and O–H groups in total. The lowest BCUT2D eigenvalue weighted by molar-refractivity contribution is 0.118. The van der Waals surface area contributed by atoms with E-state index in [2.05, 4.69) is 72.2 Å². The van der Waals surface area contributed by atoms with Gasteiger partial charge in [-0.25, -0.2) is 0 Å². The third kappa shape index (κ3) is 3.99. The summed E-state index contributed by atoms with van der Waals surface area (Å²) < 4.78 is 6.87. The Morgan fingerprint density at radius 2 is 2.24 bits per heavy atom. The highest BCUT2D eigenvalue weighted by Gasteiger charge is 2.29. The topological polar surface area (TPSA) is 24.5 Å². The van der Waals surface area contributed by atoms with Crippen LogP contribution in [-0.2, 0) is 4.74 Å². The number of hydrogen-bond donors (Lipinski definition) is 1. The van der Waals surface area contributed by atoms with Crippen LogP contribution in [0.3, 0.4) is 0 Å². The third-order valence-corrected chi connectivity index (χ3v) is 4.86. The van der Waals surface area contributed by atoms with E-state index in [9.17, 15) is 0 Å². The average molecular weight is 355 g/mol. The van der Waals surface area contributed by atoms with Gasteiger partial charge in [0.25, 0.3) is 0 Å². The first kappa shape index (κ1) is 16.8. The van der Waals surface area contributed by atoms with Gasteiger partial charge < -0.3 is 15.0 Å². The summed E-state index contributed by atoms with van der Waals surface area (Å²) >= 11 is 3.61. The number of benzene rings is 1. The van der Waals surface area contributed by atoms with E-state index in [0.717, 1.165) is 30.5 Å². The molecule has 0 amide bonds. The molecule has 1 aliphatic heterocycles. The van der Waals surface area contributed by atoms with Crippen LogP contribution in [0.25, 0.3) is 0 Å². The van der Waals surface area contributed by atoms with Gasteiger partial charge in [-0.15, -0.1) is 0 Å². The van der Waals surface area contributed by atoms with Crippen LogP contribution >= 0.6 is 15.9 Å². The number of nitrogens with one attached hydrogen (secondary N) is 1. The van der Waals surface area contributed by atoms with Crippen LogP contribution in [0, 0.1) is 0 Å². The number of ether oxygens (including phenoxy) is 1. The number of halogens is 1. The molecule has 4 heteroatoms. The maximum Gasteiger partial charge on any atom is 0.0750 e. The SMILES string of the molecule is CCCNC(C)c1cc(Br)ccc1N(C)C1CCOC1C. The fourth-order valence-electron chi connectivity index (χ4n) is 3.07. The fraction of sp³-hybridized carbons (Fsp3) is 0.647. The minimum absolute atomic E-state index is 0.297. The van der Waals surface area contributed by atoms with Crippen LogP contribution in [0.1, 0.15) is 45.2 Å². The van der Waals surface area contributed by atoms with Gasteiger partial charge >= 0.3 is 0 Å². The van der Waals surface area contributed by atoms with E-state index < -0.39 is 0 Å². The molecule has 3 unspecified atom stereocenters. The minimum Gasteiger partial charge on any atom is -0.376 e. The quantitative estimate of drug-likeness (QED) is 0.831. The average Bonchev–Trinajstić information content (AvgIpc) is 2.90. The van der Waals surface area contributed by atoms with Crippen molar-refractivity contribution in [3.8, 4) is 0 Å². The van der Waals surface area contributed by atoms with Crippen LogP contribution in [0.15, 0.2) is 22.7 Å². The molecule has 1 heterocycles. The minimum atomic E-state index is 0.297. The second-order valence-corrected chi connectivity index (χ2v) is 6.84. The van der Waals surface area contributed by atoms with Gasteiger partial charge in [-0.3, -0.25) is 0 Å². The van der Waals surface area contributed by atoms with Gasteiger partial charge in [-0.2, -0.15) is 0 Å². The molecule has 0 spiro atoms. The molecule has 118 valence electrons. The molecule has 0 bridgehead atoms. The first-order valence-corrected chi connectivity index (χ1v) is 8.71. The first-order valence-electron chi connectivity index (χ1n) is 7.91. The first-order chi connectivity index (χ1) is 10.0. The monoisotopic (exact) mass is 354 g/mol. The maximum absolute atomic E-state index is 5.73. The van der Waals surface area contributed by atoms with E-state index in [1.807, 2.05) is 0 Å². The molecule has 1 saturated heterocycles. The molecule has 1 aromatic rings. The van der Waals surface area contributed by atoms with Gasteiger partial charge in [0.1, 0.15) is 0 Å². The van der Waals surface area contributed by atoms with Crippen molar-refractivity contribution in [3.05, 3.63) is 28.2 Å². The Labute approximate surface area is 137 Å². The molecule has 1 aromatic carbocycles. The lowest BCUT2D eigenvalue weighted by atomic mass is 10.0. The second-order valence-electron chi connectivity index (χ2n) is 5.92. The predicted octanol–water partition coefficient (Wildman–Crippen LogP) is 4.12. The fourth-order valence-corrected chi connectivity index (χ4v) is 3.45. The van der Waals surface area contributed by atoms with Crippen LogP contribution < -0.4 is 10.2 Å². The Balaban J connectivity index is 2.25. The summed E-state index contributed by atoms with van der Waals surface area (Å²) in [5.41, 5.74) is 2.65. The van der Waals surface area contributed by atoms with Crippen LogP contribution in [0.4, 0.5) is 5.69 Å². The molecule has 0 aromatic heterocycles. The predicted molar refractivity (Wildman–Crippen MR) is 93.1 cm³/mol. The molecular weight excluding hydrogens is 328 g/mol. The van der Waals surface area contributed by atoms with E-state index in [4.69, 9.17) is 4.74 Å². The zero-order valence-electron chi connectivity index (χ0n) is 13.5. The normalized spacial score (nSPS) is 23.3.